The molecule has 1 aromatic carbocycles. The van der Waals surface area contributed by atoms with E-state index in [0.717, 1.165) is 31.8 Å². The summed E-state index contributed by atoms with van der Waals surface area (Å²) in [6.45, 7) is 4.75. The first kappa shape index (κ1) is 15.0. The van der Waals surface area contributed by atoms with Gasteiger partial charge in [0.2, 0.25) is 5.91 Å². The smallest absolute Gasteiger partial charge is 0.236 e. The van der Waals surface area contributed by atoms with Crippen LogP contribution in [0.25, 0.3) is 0 Å². The Balaban J connectivity index is 1.83. The topological polar surface area (TPSA) is 23.6 Å². The van der Waals surface area contributed by atoms with E-state index in [0.29, 0.717) is 18.7 Å². The second-order valence-corrected chi connectivity index (χ2v) is 5.83. The van der Waals surface area contributed by atoms with Crippen LogP contribution in [-0.4, -0.2) is 42.4 Å². The average molecular weight is 278 g/mol. The Morgan fingerprint density at radius 1 is 1.35 bits per heavy atom. The summed E-state index contributed by atoms with van der Waals surface area (Å²) >= 11 is 0. The number of benzene rings is 1. The van der Waals surface area contributed by atoms with Crippen LogP contribution in [0.4, 0.5) is 4.39 Å². The third-order valence-electron chi connectivity index (χ3n) is 3.94. The van der Waals surface area contributed by atoms with Crippen LogP contribution < -0.4 is 0 Å². The van der Waals surface area contributed by atoms with E-state index in [4.69, 9.17) is 0 Å². The minimum absolute atomic E-state index is 0.149. The molecule has 1 fully saturated rings. The van der Waals surface area contributed by atoms with Crippen LogP contribution >= 0.6 is 0 Å². The maximum Gasteiger partial charge on any atom is 0.236 e. The molecule has 0 spiro atoms. The Kier molecular flexibility index (Phi) is 5.12. The summed E-state index contributed by atoms with van der Waals surface area (Å²) < 4.78 is 13.6. The first-order valence-corrected chi connectivity index (χ1v) is 7.26. The quantitative estimate of drug-likeness (QED) is 0.845. The zero-order valence-electron chi connectivity index (χ0n) is 12.3. The van der Waals surface area contributed by atoms with Crippen molar-refractivity contribution in [1.82, 2.24) is 9.80 Å². The lowest BCUT2D eigenvalue weighted by Crippen LogP contribution is -2.42. The molecule has 1 heterocycles. The van der Waals surface area contributed by atoms with Gasteiger partial charge in [0, 0.05) is 25.2 Å². The zero-order valence-corrected chi connectivity index (χ0v) is 12.3. The number of rotatable bonds is 4. The molecular formula is C16H23FN2O. The summed E-state index contributed by atoms with van der Waals surface area (Å²) in [4.78, 5) is 16.0. The lowest BCUT2D eigenvalue weighted by Gasteiger charge is -2.31. The second-order valence-electron chi connectivity index (χ2n) is 5.83. The summed E-state index contributed by atoms with van der Waals surface area (Å²) in [6.07, 6.45) is 2.17. The third kappa shape index (κ3) is 4.04. The molecule has 0 atom stereocenters. The van der Waals surface area contributed by atoms with Gasteiger partial charge in [0.05, 0.1) is 6.54 Å². The van der Waals surface area contributed by atoms with Gasteiger partial charge in [-0.15, -0.1) is 0 Å². The molecule has 1 aromatic rings. The van der Waals surface area contributed by atoms with E-state index in [1.165, 1.54) is 6.07 Å². The lowest BCUT2D eigenvalue weighted by atomic mass is 9.99. The molecule has 2 rings (SSSR count). The van der Waals surface area contributed by atoms with Crippen molar-refractivity contribution in [2.24, 2.45) is 5.92 Å². The SMILES string of the molecule is CC1CCN(C(=O)CN(C)Cc2ccccc2F)CC1. The van der Waals surface area contributed by atoms with Crippen molar-refractivity contribution in [2.45, 2.75) is 26.3 Å². The van der Waals surface area contributed by atoms with Crippen LogP contribution in [0.2, 0.25) is 0 Å². The van der Waals surface area contributed by atoms with E-state index < -0.39 is 0 Å². The molecule has 110 valence electrons. The number of carbonyl (C=O) groups is 1. The van der Waals surface area contributed by atoms with Gasteiger partial charge in [-0.1, -0.05) is 25.1 Å². The van der Waals surface area contributed by atoms with Gasteiger partial charge in [0.15, 0.2) is 0 Å². The van der Waals surface area contributed by atoms with Crippen molar-refractivity contribution >= 4 is 5.91 Å². The monoisotopic (exact) mass is 278 g/mol. The molecule has 1 saturated heterocycles. The van der Waals surface area contributed by atoms with Gasteiger partial charge in [-0.2, -0.15) is 0 Å². The van der Waals surface area contributed by atoms with Gasteiger partial charge in [-0.3, -0.25) is 9.69 Å². The number of carbonyl (C=O) groups excluding carboxylic acids is 1. The van der Waals surface area contributed by atoms with Crippen molar-refractivity contribution in [1.29, 1.82) is 0 Å². The maximum absolute atomic E-state index is 13.6. The molecule has 0 radical (unpaired) electrons. The van der Waals surface area contributed by atoms with Crippen molar-refractivity contribution in [3.8, 4) is 0 Å². The van der Waals surface area contributed by atoms with Crippen LogP contribution in [0, 0.1) is 11.7 Å². The fraction of sp³-hybridized carbons (Fsp3) is 0.562. The average Bonchev–Trinajstić information content (AvgIpc) is 2.42. The van der Waals surface area contributed by atoms with Gasteiger partial charge < -0.3 is 4.90 Å². The molecule has 0 saturated carbocycles. The minimum atomic E-state index is -0.210. The lowest BCUT2D eigenvalue weighted by molar-refractivity contribution is -0.133. The number of likely N-dealkylation sites (N-methyl/N-ethyl adjacent to an activating group) is 1. The van der Waals surface area contributed by atoms with Crippen molar-refractivity contribution in [3.63, 3.8) is 0 Å². The number of piperidine rings is 1. The fourth-order valence-corrected chi connectivity index (χ4v) is 2.56. The molecule has 20 heavy (non-hydrogen) atoms. The fourth-order valence-electron chi connectivity index (χ4n) is 2.56. The largest absolute Gasteiger partial charge is 0.342 e. The summed E-state index contributed by atoms with van der Waals surface area (Å²) in [5, 5.41) is 0. The molecule has 0 aliphatic carbocycles. The number of hydrogen-bond acceptors (Lipinski definition) is 2. The normalized spacial score (nSPS) is 16.7. The summed E-state index contributed by atoms with van der Waals surface area (Å²) in [6, 6.07) is 6.72. The molecule has 3 nitrogen and oxygen atoms in total. The molecule has 0 N–H and O–H groups in total. The van der Waals surface area contributed by atoms with Gasteiger partial charge >= 0.3 is 0 Å². The molecule has 0 unspecified atom stereocenters. The minimum Gasteiger partial charge on any atom is -0.342 e. The van der Waals surface area contributed by atoms with Crippen LogP contribution in [0.5, 0.6) is 0 Å². The molecular weight excluding hydrogens is 255 g/mol. The van der Waals surface area contributed by atoms with E-state index in [9.17, 15) is 9.18 Å². The predicted molar refractivity (Wildman–Crippen MR) is 77.7 cm³/mol. The van der Waals surface area contributed by atoms with Gasteiger partial charge in [-0.05, 0) is 31.9 Å². The van der Waals surface area contributed by atoms with Crippen LogP contribution in [-0.2, 0) is 11.3 Å². The van der Waals surface area contributed by atoms with Crippen molar-refractivity contribution in [2.75, 3.05) is 26.7 Å². The first-order chi connectivity index (χ1) is 9.56. The predicted octanol–water partition coefficient (Wildman–Crippen LogP) is 2.52. The Morgan fingerprint density at radius 3 is 2.65 bits per heavy atom. The number of likely N-dealkylation sites (tertiary alicyclic amines) is 1. The number of hydrogen-bond donors (Lipinski definition) is 0. The molecule has 0 aromatic heterocycles. The highest BCUT2D eigenvalue weighted by molar-refractivity contribution is 5.78. The van der Waals surface area contributed by atoms with E-state index in [2.05, 4.69) is 6.92 Å². The highest BCUT2D eigenvalue weighted by atomic mass is 19.1. The maximum atomic E-state index is 13.6. The van der Waals surface area contributed by atoms with Crippen LogP contribution in [0.15, 0.2) is 24.3 Å². The zero-order chi connectivity index (χ0) is 14.5. The van der Waals surface area contributed by atoms with Gasteiger partial charge in [0.25, 0.3) is 0 Å². The van der Waals surface area contributed by atoms with Gasteiger partial charge in [-0.25, -0.2) is 4.39 Å². The highest BCUT2D eigenvalue weighted by Crippen LogP contribution is 2.16. The Morgan fingerprint density at radius 2 is 2.00 bits per heavy atom. The van der Waals surface area contributed by atoms with Crippen molar-refractivity contribution < 1.29 is 9.18 Å². The van der Waals surface area contributed by atoms with Crippen LogP contribution in [0.3, 0.4) is 0 Å². The molecule has 1 amide bonds. The Hall–Kier alpha value is -1.42. The summed E-state index contributed by atoms with van der Waals surface area (Å²) in [5.74, 6) is 0.657. The highest BCUT2D eigenvalue weighted by Gasteiger charge is 2.21. The van der Waals surface area contributed by atoms with E-state index >= 15 is 0 Å². The Labute approximate surface area is 120 Å². The number of amides is 1. The molecule has 4 heteroatoms. The summed E-state index contributed by atoms with van der Waals surface area (Å²) in [7, 11) is 1.86. The standard InChI is InChI=1S/C16H23FN2O/c1-13-7-9-19(10-8-13)16(20)12-18(2)11-14-5-3-4-6-15(14)17/h3-6,13H,7-12H2,1-2H3. The number of halogens is 1. The summed E-state index contributed by atoms with van der Waals surface area (Å²) in [5.41, 5.74) is 0.634. The van der Waals surface area contributed by atoms with Gasteiger partial charge in [0.1, 0.15) is 5.82 Å². The van der Waals surface area contributed by atoms with Crippen LogP contribution in [0.1, 0.15) is 25.3 Å². The van der Waals surface area contributed by atoms with E-state index in [1.54, 1.807) is 12.1 Å². The third-order valence-corrected chi connectivity index (χ3v) is 3.94. The number of nitrogens with zero attached hydrogens (tertiary/aromatic N) is 2. The Bertz CT molecular complexity index is 456. The van der Waals surface area contributed by atoms with E-state index in [1.807, 2.05) is 22.9 Å². The molecule has 1 aliphatic heterocycles. The van der Waals surface area contributed by atoms with Crippen molar-refractivity contribution in [3.05, 3.63) is 35.6 Å². The molecule has 0 bridgehead atoms. The first-order valence-electron chi connectivity index (χ1n) is 7.26. The molecule has 1 aliphatic rings. The van der Waals surface area contributed by atoms with E-state index in [-0.39, 0.29) is 11.7 Å². The second kappa shape index (κ2) is 6.84.